The molecular formula is C15H17ClN4OS. The van der Waals surface area contributed by atoms with E-state index in [1.54, 1.807) is 5.38 Å². The smallest absolute Gasteiger partial charge is 0.275 e. The molecule has 5 nitrogen and oxygen atoms in total. The lowest BCUT2D eigenvalue weighted by Crippen LogP contribution is -2.35. The van der Waals surface area contributed by atoms with Gasteiger partial charge in [-0.2, -0.15) is 0 Å². The van der Waals surface area contributed by atoms with Gasteiger partial charge in [0.1, 0.15) is 0 Å². The van der Waals surface area contributed by atoms with Crippen molar-refractivity contribution in [3.63, 3.8) is 0 Å². The van der Waals surface area contributed by atoms with E-state index >= 15 is 0 Å². The number of hydrogen-bond acceptors (Lipinski definition) is 5. The molecule has 22 heavy (non-hydrogen) atoms. The van der Waals surface area contributed by atoms with Gasteiger partial charge < -0.3 is 4.90 Å². The number of benzene rings is 1. The van der Waals surface area contributed by atoms with Gasteiger partial charge in [0.05, 0.1) is 0 Å². The number of carbonyl (C=O) groups excluding carboxylic acids is 1. The highest BCUT2D eigenvalue weighted by Crippen LogP contribution is 2.14. The van der Waals surface area contributed by atoms with Crippen molar-refractivity contribution in [3.05, 3.63) is 45.9 Å². The number of amides is 1. The standard InChI is InChI=1S/C15H17ClN4OS/c16-13-4-2-12(3-5-13)10-19-6-1-7-20(9-8-19)15(21)14-11-22-18-17-14/h2-5,11H,1,6-10H2. The molecule has 0 N–H and O–H groups in total. The Morgan fingerprint density at radius 1 is 1.18 bits per heavy atom. The van der Waals surface area contributed by atoms with Crippen LogP contribution in [0.15, 0.2) is 29.6 Å². The van der Waals surface area contributed by atoms with Crippen molar-refractivity contribution >= 4 is 29.0 Å². The van der Waals surface area contributed by atoms with Crippen LogP contribution in [0.2, 0.25) is 5.02 Å². The van der Waals surface area contributed by atoms with Crippen molar-refractivity contribution in [1.29, 1.82) is 0 Å². The van der Waals surface area contributed by atoms with E-state index in [-0.39, 0.29) is 5.91 Å². The molecule has 2 aromatic rings. The molecule has 0 radical (unpaired) electrons. The number of rotatable bonds is 3. The Morgan fingerprint density at radius 3 is 2.73 bits per heavy atom. The van der Waals surface area contributed by atoms with Gasteiger partial charge in [-0.15, -0.1) is 5.10 Å². The average molecular weight is 337 g/mol. The SMILES string of the molecule is O=C(c1csnn1)N1CCCN(Cc2ccc(Cl)cc2)CC1. The predicted octanol–water partition coefficient (Wildman–Crippen LogP) is 2.54. The Bertz CT molecular complexity index is 617. The van der Waals surface area contributed by atoms with Gasteiger partial charge in [0.25, 0.3) is 5.91 Å². The van der Waals surface area contributed by atoms with Crippen LogP contribution in [-0.4, -0.2) is 51.5 Å². The van der Waals surface area contributed by atoms with Gasteiger partial charge in [-0.25, -0.2) is 0 Å². The van der Waals surface area contributed by atoms with Gasteiger partial charge in [0.15, 0.2) is 5.69 Å². The highest BCUT2D eigenvalue weighted by Gasteiger charge is 2.21. The Morgan fingerprint density at radius 2 is 2.00 bits per heavy atom. The summed E-state index contributed by atoms with van der Waals surface area (Å²) in [6.07, 6.45) is 0.969. The van der Waals surface area contributed by atoms with Crippen LogP contribution in [0, 0.1) is 0 Å². The predicted molar refractivity (Wildman–Crippen MR) is 87.2 cm³/mol. The zero-order valence-electron chi connectivity index (χ0n) is 12.1. The van der Waals surface area contributed by atoms with Gasteiger partial charge in [-0.05, 0) is 35.6 Å². The molecule has 1 fully saturated rings. The summed E-state index contributed by atoms with van der Waals surface area (Å²) >= 11 is 7.13. The van der Waals surface area contributed by atoms with Crippen LogP contribution >= 0.6 is 23.1 Å². The van der Waals surface area contributed by atoms with Crippen molar-refractivity contribution in [2.75, 3.05) is 26.2 Å². The van der Waals surface area contributed by atoms with Gasteiger partial charge in [-0.3, -0.25) is 9.69 Å². The van der Waals surface area contributed by atoms with E-state index in [1.807, 2.05) is 17.0 Å². The maximum absolute atomic E-state index is 12.3. The van der Waals surface area contributed by atoms with E-state index < -0.39 is 0 Å². The fourth-order valence-corrected chi connectivity index (χ4v) is 3.16. The van der Waals surface area contributed by atoms with Gasteiger partial charge >= 0.3 is 0 Å². The number of nitrogens with zero attached hydrogens (tertiary/aromatic N) is 4. The maximum Gasteiger partial charge on any atom is 0.275 e. The zero-order valence-corrected chi connectivity index (χ0v) is 13.7. The number of carbonyl (C=O) groups is 1. The molecule has 1 aromatic carbocycles. The first-order valence-corrected chi connectivity index (χ1v) is 8.47. The fourth-order valence-electron chi connectivity index (χ4n) is 2.60. The Hall–Kier alpha value is -1.50. The third-order valence-electron chi connectivity index (χ3n) is 3.77. The van der Waals surface area contributed by atoms with E-state index in [4.69, 9.17) is 11.6 Å². The molecule has 0 unspecified atom stereocenters. The first-order chi connectivity index (χ1) is 10.7. The van der Waals surface area contributed by atoms with E-state index in [0.717, 1.165) is 44.2 Å². The second-order valence-corrected chi connectivity index (χ2v) is 6.38. The minimum absolute atomic E-state index is 0.0120. The van der Waals surface area contributed by atoms with Crippen LogP contribution in [0.25, 0.3) is 0 Å². The Kier molecular flexibility index (Phi) is 5.02. The second kappa shape index (κ2) is 7.17. The van der Waals surface area contributed by atoms with Crippen LogP contribution in [0.4, 0.5) is 0 Å². The van der Waals surface area contributed by atoms with Crippen molar-refractivity contribution in [1.82, 2.24) is 19.4 Å². The molecule has 0 bridgehead atoms. The number of aromatic nitrogens is 2. The quantitative estimate of drug-likeness (QED) is 0.864. The first kappa shape index (κ1) is 15.4. The van der Waals surface area contributed by atoms with Gasteiger partial charge in [0.2, 0.25) is 0 Å². The van der Waals surface area contributed by atoms with E-state index in [2.05, 4.69) is 26.6 Å². The molecule has 2 heterocycles. The van der Waals surface area contributed by atoms with Crippen molar-refractivity contribution in [2.45, 2.75) is 13.0 Å². The van der Waals surface area contributed by atoms with Crippen LogP contribution in [0.1, 0.15) is 22.5 Å². The number of hydrogen-bond donors (Lipinski definition) is 0. The van der Waals surface area contributed by atoms with Gasteiger partial charge in [-0.1, -0.05) is 28.2 Å². The third-order valence-corrected chi connectivity index (χ3v) is 4.53. The van der Waals surface area contributed by atoms with Crippen molar-refractivity contribution in [3.8, 4) is 0 Å². The lowest BCUT2D eigenvalue weighted by atomic mass is 10.2. The molecule has 1 aliphatic rings. The Labute approximate surface area is 138 Å². The molecular weight excluding hydrogens is 320 g/mol. The summed E-state index contributed by atoms with van der Waals surface area (Å²) in [5.41, 5.74) is 1.70. The molecule has 0 spiro atoms. The molecule has 0 aliphatic carbocycles. The summed E-state index contributed by atoms with van der Waals surface area (Å²) in [5, 5.41) is 6.33. The monoisotopic (exact) mass is 336 g/mol. The molecule has 0 saturated carbocycles. The highest BCUT2D eigenvalue weighted by molar-refractivity contribution is 7.03. The molecule has 0 atom stereocenters. The van der Waals surface area contributed by atoms with Crippen LogP contribution in [0.5, 0.6) is 0 Å². The molecule has 116 valence electrons. The minimum Gasteiger partial charge on any atom is -0.336 e. The zero-order chi connectivity index (χ0) is 15.4. The Balaban J connectivity index is 1.58. The van der Waals surface area contributed by atoms with Crippen LogP contribution in [0.3, 0.4) is 0 Å². The van der Waals surface area contributed by atoms with E-state index in [0.29, 0.717) is 5.69 Å². The minimum atomic E-state index is -0.0120. The lowest BCUT2D eigenvalue weighted by Gasteiger charge is -2.21. The molecule has 7 heteroatoms. The third kappa shape index (κ3) is 3.82. The summed E-state index contributed by atoms with van der Waals surface area (Å²) in [5.74, 6) is -0.0120. The second-order valence-electron chi connectivity index (χ2n) is 5.34. The molecule has 1 amide bonds. The average Bonchev–Trinajstić information content (AvgIpc) is 2.96. The maximum atomic E-state index is 12.3. The summed E-state index contributed by atoms with van der Waals surface area (Å²) in [6.45, 7) is 4.24. The normalized spacial score (nSPS) is 16.5. The summed E-state index contributed by atoms with van der Waals surface area (Å²) in [7, 11) is 0. The van der Waals surface area contributed by atoms with E-state index in [1.165, 1.54) is 17.1 Å². The first-order valence-electron chi connectivity index (χ1n) is 7.25. The molecule has 3 rings (SSSR count). The summed E-state index contributed by atoms with van der Waals surface area (Å²) in [4.78, 5) is 16.6. The largest absolute Gasteiger partial charge is 0.336 e. The molecule has 1 aromatic heterocycles. The highest BCUT2D eigenvalue weighted by atomic mass is 35.5. The summed E-state index contributed by atoms with van der Waals surface area (Å²) in [6, 6.07) is 7.94. The van der Waals surface area contributed by atoms with Crippen molar-refractivity contribution in [2.24, 2.45) is 0 Å². The topological polar surface area (TPSA) is 49.3 Å². The van der Waals surface area contributed by atoms with Crippen molar-refractivity contribution < 1.29 is 4.79 Å². The molecule has 1 saturated heterocycles. The number of halogens is 1. The summed E-state index contributed by atoms with van der Waals surface area (Å²) < 4.78 is 3.76. The van der Waals surface area contributed by atoms with E-state index in [9.17, 15) is 4.79 Å². The molecule has 1 aliphatic heterocycles. The lowest BCUT2D eigenvalue weighted by molar-refractivity contribution is 0.0755. The van der Waals surface area contributed by atoms with Gasteiger partial charge in [0, 0.05) is 43.1 Å². The van der Waals surface area contributed by atoms with Crippen LogP contribution in [-0.2, 0) is 6.54 Å². The fraction of sp³-hybridized carbons (Fsp3) is 0.400. The van der Waals surface area contributed by atoms with Crippen LogP contribution < -0.4 is 0 Å².